The summed E-state index contributed by atoms with van der Waals surface area (Å²) in [5.74, 6) is 0.281. The smallest absolute Gasteiger partial charge is 0.263 e. The number of carbonyl (C=O) groups is 4. The van der Waals surface area contributed by atoms with Crippen molar-refractivity contribution in [2.45, 2.75) is 52.0 Å². The summed E-state index contributed by atoms with van der Waals surface area (Å²) in [6, 6.07) is 15.8. The van der Waals surface area contributed by atoms with Crippen LogP contribution in [0.25, 0.3) is 11.0 Å². The number of rotatable bonds is 19. The molecular formula is C45H53N11O7. The molecule has 4 N–H and O–H groups in total. The number of ketones is 1. The number of aryl methyl sites for hydroxylation is 1. The summed E-state index contributed by atoms with van der Waals surface area (Å²) in [7, 11) is 0. The van der Waals surface area contributed by atoms with Gasteiger partial charge in [-0.1, -0.05) is 31.0 Å². The van der Waals surface area contributed by atoms with Crippen LogP contribution in [0, 0.1) is 6.92 Å². The first-order valence-corrected chi connectivity index (χ1v) is 21.3. The lowest BCUT2D eigenvalue weighted by Gasteiger charge is -2.35. The largest absolute Gasteiger partial charge is 0.379 e. The van der Waals surface area contributed by atoms with E-state index in [1.807, 2.05) is 12.1 Å². The average Bonchev–Trinajstić information content (AvgIpc) is 3.81. The van der Waals surface area contributed by atoms with Crippen molar-refractivity contribution in [3.63, 3.8) is 0 Å². The van der Waals surface area contributed by atoms with Crippen molar-refractivity contribution in [3.8, 4) is 0 Å². The number of carbonyl (C=O) groups excluding carboxylic acids is 4. The monoisotopic (exact) mass is 859 g/mol. The van der Waals surface area contributed by atoms with Gasteiger partial charge in [-0.15, -0.1) is 0 Å². The Bertz CT molecular complexity index is 2450. The quantitative estimate of drug-likeness (QED) is 0.0665. The Morgan fingerprint density at radius 2 is 1.56 bits per heavy atom. The Hall–Kier alpha value is -6.63. The molecule has 1 aliphatic heterocycles. The van der Waals surface area contributed by atoms with Crippen LogP contribution in [-0.4, -0.2) is 119 Å². The molecule has 0 radical (unpaired) electrons. The highest BCUT2D eigenvalue weighted by molar-refractivity contribution is 6.09. The summed E-state index contributed by atoms with van der Waals surface area (Å²) in [6.07, 6.45) is 8.93. The normalized spacial score (nSPS) is 14.4. The minimum Gasteiger partial charge on any atom is -0.379 e. The standard InChI is InChI=1S/C45H53N11O7/c1-30-35-28-49-45(53-42(35)56(32-9-3-4-10-32)44(61)41(30)31(2)57)52-38-15-14-33(27-48-38)55-21-19-54(20-22-55)29-40(59)47-18-24-63-26-25-62-23-16-39(58)50-36-12-6-5-11-34(36)43(60)51-37-13-7-8-17-46-37/h5-8,11-15,17,27-28,32H,3-4,9-10,16,18-26,29H2,1-2H3,(H,47,59)(H,50,58)(H,46,51,60)(H,48,49,52,53). The molecule has 18 nitrogen and oxygen atoms in total. The van der Waals surface area contributed by atoms with Gasteiger partial charge in [-0.05, 0) is 68.7 Å². The molecule has 4 aromatic heterocycles. The molecule has 1 saturated carbocycles. The van der Waals surface area contributed by atoms with Crippen LogP contribution in [0.5, 0.6) is 0 Å². The number of ether oxygens (including phenoxy) is 2. The predicted molar refractivity (Wildman–Crippen MR) is 239 cm³/mol. The number of piperazine rings is 1. The molecule has 0 unspecified atom stereocenters. The lowest BCUT2D eigenvalue weighted by Crippen LogP contribution is -2.49. The maximum absolute atomic E-state index is 13.5. The van der Waals surface area contributed by atoms with Crippen LogP contribution in [0.4, 0.5) is 29.0 Å². The van der Waals surface area contributed by atoms with E-state index < -0.39 is 0 Å². The molecule has 1 aliphatic carbocycles. The van der Waals surface area contributed by atoms with Crippen LogP contribution in [0.1, 0.15) is 71.3 Å². The van der Waals surface area contributed by atoms with Gasteiger partial charge < -0.3 is 35.6 Å². The second-order valence-corrected chi connectivity index (χ2v) is 15.5. The number of Topliss-reactive ketones (excluding diaryl/α,β-unsaturated/α-hetero) is 1. The van der Waals surface area contributed by atoms with E-state index in [9.17, 15) is 24.0 Å². The Morgan fingerprint density at radius 3 is 2.29 bits per heavy atom. The molecule has 5 aromatic rings. The number of nitrogens with one attached hydrogen (secondary N) is 4. The summed E-state index contributed by atoms with van der Waals surface area (Å²) in [4.78, 5) is 86.2. The zero-order valence-corrected chi connectivity index (χ0v) is 35.6. The zero-order chi connectivity index (χ0) is 44.1. The van der Waals surface area contributed by atoms with Gasteiger partial charge >= 0.3 is 0 Å². The first-order valence-electron chi connectivity index (χ1n) is 21.3. The van der Waals surface area contributed by atoms with E-state index in [1.165, 1.54) is 6.92 Å². The van der Waals surface area contributed by atoms with Crippen LogP contribution >= 0.6 is 0 Å². The molecule has 3 amide bonds. The van der Waals surface area contributed by atoms with Gasteiger partial charge in [0, 0.05) is 56.5 Å². The Balaban J connectivity index is 0.766. The van der Waals surface area contributed by atoms with Crippen molar-refractivity contribution >= 4 is 63.5 Å². The zero-order valence-electron chi connectivity index (χ0n) is 35.6. The van der Waals surface area contributed by atoms with E-state index in [-0.39, 0.29) is 66.8 Å². The molecule has 0 spiro atoms. The number of anilines is 5. The molecule has 1 saturated heterocycles. The number of pyridine rings is 3. The van der Waals surface area contributed by atoms with E-state index in [2.05, 4.69) is 46.0 Å². The molecule has 18 heteroatoms. The number of amides is 3. The molecule has 2 aliphatic rings. The topological polar surface area (TPSA) is 215 Å². The minimum absolute atomic E-state index is 0.00660. The number of nitrogens with zero attached hydrogens (tertiary/aromatic N) is 7. The van der Waals surface area contributed by atoms with Crippen molar-refractivity contribution in [2.24, 2.45) is 0 Å². The third kappa shape index (κ3) is 11.6. The van der Waals surface area contributed by atoms with E-state index >= 15 is 0 Å². The third-order valence-electron chi connectivity index (χ3n) is 11.1. The molecular weight excluding hydrogens is 807 g/mol. The lowest BCUT2D eigenvalue weighted by atomic mass is 10.0. The van der Waals surface area contributed by atoms with Crippen molar-refractivity contribution in [2.75, 3.05) is 86.5 Å². The van der Waals surface area contributed by atoms with Gasteiger partial charge in [0.25, 0.3) is 11.5 Å². The van der Waals surface area contributed by atoms with Gasteiger partial charge in [0.1, 0.15) is 17.3 Å². The van der Waals surface area contributed by atoms with Crippen LogP contribution < -0.4 is 31.7 Å². The summed E-state index contributed by atoms with van der Waals surface area (Å²) >= 11 is 0. The van der Waals surface area contributed by atoms with Crippen LogP contribution in [0.15, 0.2) is 78.0 Å². The van der Waals surface area contributed by atoms with Crippen molar-refractivity contribution < 1.29 is 28.7 Å². The maximum Gasteiger partial charge on any atom is 0.263 e. The Labute approximate surface area is 364 Å². The maximum atomic E-state index is 13.5. The van der Waals surface area contributed by atoms with E-state index in [1.54, 1.807) is 72.5 Å². The number of hydrogen-bond donors (Lipinski definition) is 4. The van der Waals surface area contributed by atoms with Crippen molar-refractivity contribution in [3.05, 3.63) is 100 Å². The predicted octanol–water partition coefficient (Wildman–Crippen LogP) is 4.50. The molecule has 7 rings (SSSR count). The van der Waals surface area contributed by atoms with Gasteiger partial charge in [-0.25, -0.2) is 15.0 Å². The number of benzene rings is 1. The molecule has 1 aromatic carbocycles. The molecule has 0 atom stereocenters. The second kappa shape index (κ2) is 21.4. The molecule has 2 fully saturated rings. The second-order valence-electron chi connectivity index (χ2n) is 15.5. The van der Waals surface area contributed by atoms with E-state index in [0.29, 0.717) is 78.3 Å². The van der Waals surface area contributed by atoms with Crippen LogP contribution in [-0.2, 0) is 19.1 Å². The first-order chi connectivity index (χ1) is 30.6. The summed E-state index contributed by atoms with van der Waals surface area (Å²) in [5.41, 5.74) is 2.70. The first kappa shape index (κ1) is 44.4. The highest BCUT2D eigenvalue weighted by Gasteiger charge is 2.26. The van der Waals surface area contributed by atoms with Crippen LogP contribution in [0.2, 0.25) is 0 Å². The van der Waals surface area contributed by atoms with Crippen LogP contribution in [0.3, 0.4) is 0 Å². The van der Waals surface area contributed by atoms with E-state index in [4.69, 9.17) is 14.5 Å². The molecule has 5 heterocycles. The van der Waals surface area contributed by atoms with E-state index in [0.717, 1.165) is 44.5 Å². The number of hydrogen-bond acceptors (Lipinski definition) is 14. The SMILES string of the molecule is CC(=O)c1c(C)c2cnc(Nc3ccc(N4CCN(CC(=O)NCCOCCOCCC(=O)Nc5ccccc5C(=O)Nc5ccccn5)CC4)cn3)nc2n(C2CCCC2)c1=O. The summed E-state index contributed by atoms with van der Waals surface area (Å²) in [5, 5.41) is 12.3. The van der Waals surface area contributed by atoms with Crippen molar-refractivity contribution in [1.29, 1.82) is 0 Å². The Morgan fingerprint density at radius 1 is 0.794 bits per heavy atom. The lowest BCUT2D eigenvalue weighted by molar-refractivity contribution is -0.122. The van der Waals surface area contributed by atoms with Gasteiger partial charge in [0.05, 0.1) is 68.1 Å². The third-order valence-corrected chi connectivity index (χ3v) is 11.1. The average molecular weight is 860 g/mol. The fourth-order valence-electron chi connectivity index (χ4n) is 7.87. The minimum atomic E-state index is -0.382. The molecule has 0 bridgehead atoms. The van der Waals surface area contributed by atoms with Gasteiger partial charge in [0.2, 0.25) is 17.8 Å². The fourth-order valence-corrected chi connectivity index (χ4v) is 7.87. The summed E-state index contributed by atoms with van der Waals surface area (Å²) < 4.78 is 12.8. The highest BCUT2D eigenvalue weighted by Crippen LogP contribution is 2.32. The van der Waals surface area contributed by atoms with Gasteiger partial charge in [-0.2, -0.15) is 4.98 Å². The molecule has 330 valence electrons. The molecule has 63 heavy (non-hydrogen) atoms. The highest BCUT2D eigenvalue weighted by atomic mass is 16.5. The van der Waals surface area contributed by atoms with Gasteiger partial charge in [-0.3, -0.25) is 33.4 Å². The number of para-hydroxylation sites is 1. The summed E-state index contributed by atoms with van der Waals surface area (Å²) in [6.45, 7) is 7.86. The van der Waals surface area contributed by atoms with Gasteiger partial charge in [0.15, 0.2) is 5.78 Å². The number of aromatic nitrogens is 5. The fraction of sp³-hybridized carbons (Fsp3) is 0.400. The van der Waals surface area contributed by atoms with Crippen molar-refractivity contribution in [1.82, 2.24) is 34.7 Å². The number of fused-ring (bicyclic) bond motifs is 1. The Kier molecular flexibility index (Phi) is 15.1.